The molecule has 0 N–H and O–H groups in total. The smallest absolute Gasteiger partial charge is 0.252 e. The van der Waals surface area contributed by atoms with Gasteiger partial charge in [-0.05, 0) is 18.6 Å². The Hall–Kier alpha value is -0.770. The summed E-state index contributed by atoms with van der Waals surface area (Å²) < 4.78 is 0. The average molecular weight is 288 g/mol. The van der Waals surface area contributed by atoms with Gasteiger partial charge in [-0.2, -0.15) is 0 Å². The Morgan fingerprint density at radius 3 is 2.56 bits per heavy atom. The number of halogens is 2. The van der Waals surface area contributed by atoms with E-state index in [1.54, 1.807) is 18.2 Å². The van der Waals surface area contributed by atoms with E-state index in [1.807, 2.05) is 13.8 Å². The summed E-state index contributed by atoms with van der Waals surface area (Å²) in [5.41, 5.74) is 0.318. The van der Waals surface area contributed by atoms with Crippen molar-refractivity contribution in [1.82, 2.24) is 5.06 Å². The molecule has 0 saturated carbocycles. The number of hydroxylamine groups is 2. The standard InChI is InChI=1S/C13H15Cl2NO2/c1-13(2)6-7-18-16(12(13)17)8-9-10(14)4-3-5-11(9)15/h3-5H,6-8H2,1-2H3. The predicted octanol–water partition coefficient (Wildman–Crippen LogP) is 3.68. The van der Waals surface area contributed by atoms with Gasteiger partial charge in [0.2, 0.25) is 0 Å². The number of rotatable bonds is 2. The molecule has 1 aliphatic heterocycles. The molecule has 1 aliphatic rings. The van der Waals surface area contributed by atoms with E-state index in [-0.39, 0.29) is 12.5 Å². The van der Waals surface area contributed by atoms with Crippen molar-refractivity contribution in [2.75, 3.05) is 6.61 Å². The first-order valence-corrected chi connectivity index (χ1v) is 6.55. The fraction of sp³-hybridized carbons (Fsp3) is 0.462. The van der Waals surface area contributed by atoms with Gasteiger partial charge in [0.15, 0.2) is 0 Å². The normalized spacial score (nSPS) is 19.1. The molecule has 0 spiro atoms. The molecular weight excluding hydrogens is 273 g/mol. The van der Waals surface area contributed by atoms with Gasteiger partial charge >= 0.3 is 0 Å². The van der Waals surface area contributed by atoms with Crippen LogP contribution >= 0.6 is 23.2 Å². The van der Waals surface area contributed by atoms with Crippen LogP contribution in [0, 0.1) is 5.41 Å². The van der Waals surface area contributed by atoms with E-state index in [4.69, 9.17) is 28.0 Å². The van der Waals surface area contributed by atoms with Crippen molar-refractivity contribution in [3.05, 3.63) is 33.8 Å². The summed E-state index contributed by atoms with van der Waals surface area (Å²) in [6.07, 6.45) is 0.721. The Labute approximate surface area is 117 Å². The quantitative estimate of drug-likeness (QED) is 0.830. The molecule has 3 nitrogen and oxygen atoms in total. The Balaban J connectivity index is 2.21. The minimum absolute atomic E-state index is 0.0373. The van der Waals surface area contributed by atoms with Crippen molar-refractivity contribution in [2.45, 2.75) is 26.8 Å². The monoisotopic (exact) mass is 287 g/mol. The van der Waals surface area contributed by atoms with Gasteiger partial charge in [0.05, 0.1) is 13.2 Å². The minimum atomic E-state index is -0.397. The highest BCUT2D eigenvalue weighted by Gasteiger charge is 2.37. The summed E-state index contributed by atoms with van der Waals surface area (Å²) in [5.74, 6) is -0.0373. The summed E-state index contributed by atoms with van der Waals surface area (Å²) in [4.78, 5) is 17.6. The Morgan fingerprint density at radius 1 is 1.33 bits per heavy atom. The van der Waals surface area contributed by atoms with E-state index in [0.717, 1.165) is 6.42 Å². The highest BCUT2D eigenvalue weighted by molar-refractivity contribution is 6.36. The lowest BCUT2D eigenvalue weighted by Gasteiger charge is -2.36. The minimum Gasteiger partial charge on any atom is -0.272 e. The highest BCUT2D eigenvalue weighted by atomic mass is 35.5. The molecule has 18 heavy (non-hydrogen) atoms. The zero-order valence-electron chi connectivity index (χ0n) is 10.4. The predicted molar refractivity (Wildman–Crippen MR) is 71.4 cm³/mol. The molecule has 1 saturated heterocycles. The van der Waals surface area contributed by atoms with E-state index in [2.05, 4.69) is 0 Å². The van der Waals surface area contributed by atoms with Crippen LogP contribution in [-0.4, -0.2) is 17.6 Å². The van der Waals surface area contributed by atoms with E-state index >= 15 is 0 Å². The number of hydrogen-bond acceptors (Lipinski definition) is 2. The van der Waals surface area contributed by atoms with Gasteiger partial charge in [-0.3, -0.25) is 9.63 Å². The van der Waals surface area contributed by atoms with Crippen molar-refractivity contribution < 1.29 is 9.63 Å². The average Bonchev–Trinajstić information content (AvgIpc) is 2.29. The fourth-order valence-electron chi connectivity index (χ4n) is 1.86. The third kappa shape index (κ3) is 2.63. The molecule has 1 fully saturated rings. The molecule has 1 heterocycles. The lowest BCUT2D eigenvalue weighted by atomic mass is 9.87. The van der Waals surface area contributed by atoms with E-state index < -0.39 is 5.41 Å². The van der Waals surface area contributed by atoms with Crippen molar-refractivity contribution >= 4 is 29.1 Å². The van der Waals surface area contributed by atoms with Crippen LogP contribution in [0.2, 0.25) is 10.0 Å². The summed E-state index contributed by atoms with van der Waals surface area (Å²) >= 11 is 12.2. The van der Waals surface area contributed by atoms with Crippen LogP contribution in [0.4, 0.5) is 0 Å². The Kier molecular flexibility index (Phi) is 3.85. The molecule has 2 rings (SSSR count). The topological polar surface area (TPSA) is 29.5 Å². The SMILES string of the molecule is CC1(C)CCON(Cc2c(Cl)cccc2Cl)C1=O. The Morgan fingerprint density at radius 2 is 1.94 bits per heavy atom. The second kappa shape index (κ2) is 5.08. The number of nitrogens with zero attached hydrogens (tertiary/aromatic N) is 1. The zero-order valence-corrected chi connectivity index (χ0v) is 11.9. The molecule has 1 amide bonds. The lowest BCUT2D eigenvalue weighted by Crippen LogP contribution is -2.45. The molecule has 1 aromatic rings. The van der Waals surface area contributed by atoms with Gasteiger partial charge in [-0.1, -0.05) is 43.1 Å². The zero-order chi connectivity index (χ0) is 13.3. The van der Waals surface area contributed by atoms with E-state index in [9.17, 15) is 4.79 Å². The molecule has 1 aromatic carbocycles. The molecule has 0 atom stereocenters. The molecule has 0 aromatic heterocycles. The van der Waals surface area contributed by atoms with Crippen LogP contribution in [0.15, 0.2) is 18.2 Å². The molecule has 0 radical (unpaired) electrons. The third-order valence-corrected chi connectivity index (χ3v) is 3.85. The van der Waals surface area contributed by atoms with Gasteiger partial charge in [-0.15, -0.1) is 0 Å². The molecule has 98 valence electrons. The second-order valence-electron chi connectivity index (χ2n) is 5.01. The van der Waals surface area contributed by atoms with Gasteiger partial charge in [0.25, 0.3) is 5.91 Å². The van der Waals surface area contributed by atoms with E-state index in [1.165, 1.54) is 5.06 Å². The van der Waals surface area contributed by atoms with Crippen molar-refractivity contribution in [2.24, 2.45) is 5.41 Å². The third-order valence-electron chi connectivity index (χ3n) is 3.14. The molecule has 5 heteroatoms. The maximum absolute atomic E-state index is 12.2. The van der Waals surface area contributed by atoms with Crippen LogP contribution in [0.25, 0.3) is 0 Å². The number of hydrogen-bond donors (Lipinski definition) is 0. The highest BCUT2D eigenvalue weighted by Crippen LogP contribution is 2.32. The molecule has 0 unspecified atom stereocenters. The number of amides is 1. The van der Waals surface area contributed by atoms with Crippen LogP contribution in [0.3, 0.4) is 0 Å². The molecule has 0 aliphatic carbocycles. The number of benzene rings is 1. The second-order valence-corrected chi connectivity index (χ2v) is 5.82. The number of carbonyl (C=O) groups excluding carboxylic acids is 1. The number of carbonyl (C=O) groups is 1. The maximum Gasteiger partial charge on any atom is 0.252 e. The van der Waals surface area contributed by atoms with Gasteiger partial charge in [0, 0.05) is 21.0 Å². The molecular formula is C13H15Cl2NO2. The lowest BCUT2D eigenvalue weighted by molar-refractivity contribution is -0.218. The first kappa shape index (κ1) is 13.7. The molecule has 0 bridgehead atoms. The van der Waals surface area contributed by atoms with Crippen LogP contribution in [0.1, 0.15) is 25.8 Å². The van der Waals surface area contributed by atoms with Crippen molar-refractivity contribution in [3.8, 4) is 0 Å². The largest absolute Gasteiger partial charge is 0.272 e. The van der Waals surface area contributed by atoms with Crippen LogP contribution in [0.5, 0.6) is 0 Å². The summed E-state index contributed by atoms with van der Waals surface area (Å²) in [7, 11) is 0. The van der Waals surface area contributed by atoms with Crippen LogP contribution < -0.4 is 0 Å². The summed E-state index contributed by atoms with van der Waals surface area (Å²) in [5, 5.41) is 2.45. The first-order valence-electron chi connectivity index (χ1n) is 5.79. The van der Waals surface area contributed by atoms with Crippen molar-refractivity contribution in [3.63, 3.8) is 0 Å². The van der Waals surface area contributed by atoms with E-state index in [0.29, 0.717) is 22.2 Å². The van der Waals surface area contributed by atoms with Crippen LogP contribution in [-0.2, 0) is 16.2 Å². The Bertz CT molecular complexity index is 454. The summed E-state index contributed by atoms with van der Waals surface area (Å²) in [6.45, 7) is 4.64. The van der Waals surface area contributed by atoms with Gasteiger partial charge < -0.3 is 0 Å². The fourth-order valence-corrected chi connectivity index (χ4v) is 2.38. The first-order chi connectivity index (χ1) is 8.42. The van der Waals surface area contributed by atoms with Gasteiger partial charge in [0.1, 0.15) is 0 Å². The van der Waals surface area contributed by atoms with Gasteiger partial charge in [-0.25, -0.2) is 5.06 Å². The van der Waals surface area contributed by atoms with Crippen molar-refractivity contribution in [1.29, 1.82) is 0 Å². The summed E-state index contributed by atoms with van der Waals surface area (Å²) in [6, 6.07) is 5.28. The maximum atomic E-state index is 12.2.